The van der Waals surface area contributed by atoms with Gasteiger partial charge in [-0.05, 0) is 30.9 Å². The van der Waals surface area contributed by atoms with Crippen molar-refractivity contribution in [3.05, 3.63) is 29.6 Å². The zero-order valence-electron chi connectivity index (χ0n) is 16.2. The highest BCUT2D eigenvalue weighted by atomic mass is 19.2. The highest BCUT2D eigenvalue weighted by Gasteiger charge is 2.55. The predicted molar refractivity (Wildman–Crippen MR) is 98.6 cm³/mol. The maximum atomic E-state index is 13.6. The molecule has 1 heterocycles. The Balaban J connectivity index is 1.54. The first-order chi connectivity index (χ1) is 14.2. The van der Waals surface area contributed by atoms with Crippen LogP contribution in [0, 0.1) is 23.4 Å². The van der Waals surface area contributed by atoms with Gasteiger partial charge in [-0.25, -0.2) is 18.0 Å². The van der Waals surface area contributed by atoms with Gasteiger partial charge in [0.15, 0.2) is 17.5 Å². The van der Waals surface area contributed by atoms with Gasteiger partial charge in [0.25, 0.3) is 5.91 Å². The van der Waals surface area contributed by atoms with E-state index < -0.39 is 65.5 Å². The molecular weight excluding hydrogens is 405 g/mol. The van der Waals surface area contributed by atoms with Crippen molar-refractivity contribution in [3.8, 4) is 0 Å². The fourth-order valence-corrected chi connectivity index (χ4v) is 3.83. The van der Waals surface area contributed by atoms with Gasteiger partial charge >= 0.3 is 6.03 Å². The van der Waals surface area contributed by atoms with E-state index in [4.69, 9.17) is 0 Å². The van der Waals surface area contributed by atoms with Gasteiger partial charge in [-0.15, -0.1) is 0 Å². The van der Waals surface area contributed by atoms with E-state index in [0.29, 0.717) is 12.5 Å². The lowest BCUT2D eigenvalue weighted by Gasteiger charge is -2.36. The first kappa shape index (κ1) is 21.6. The maximum absolute atomic E-state index is 13.6. The molecule has 2 fully saturated rings. The van der Waals surface area contributed by atoms with Crippen molar-refractivity contribution in [3.63, 3.8) is 0 Å². The van der Waals surface area contributed by atoms with E-state index in [1.54, 1.807) is 0 Å². The molecule has 30 heavy (non-hydrogen) atoms. The zero-order valence-corrected chi connectivity index (χ0v) is 16.2. The Kier molecular flexibility index (Phi) is 5.99. The van der Waals surface area contributed by atoms with Crippen LogP contribution in [0.1, 0.15) is 32.6 Å². The van der Waals surface area contributed by atoms with E-state index >= 15 is 0 Å². The second-order valence-corrected chi connectivity index (χ2v) is 7.49. The van der Waals surface area contributed by atoms with Crippen LogP contribution in [0.25, 0.3) is 0 Å². The Morgan fingerprint density at radius 3 is 2.60 bits per heavy atom. The minimum absolute atomic E-state index is 0.0625. The third-order valence-electron chi connectivity index (χ3n) is 5.56. The number of imide groups is 1. The number of rotatable bonds is 5. The van der Waals surface area contributed by atoms with Gasteiger partial charge in [0.2, 0.25) is 11.8 Å². The second kappa shape index (κ2) is 8.33. The molecule has 1 spiro atoms. The van der Waals surface area contributed by atoms with Crippen LogP contribution in [-0.4, -0.2) is 47.3 Å². The van der Waals surface area contributed by atoms with Gasteiger partial charge in [0.05, 0.1) is 12.2 Å². The molecule has 1 saturated carbocycles. The number of benzene rings is 1. The normalized spacial score (nSPS) is 23.5. The SMILES string of the molecule is C[C@H]1CCCC[C@]12NC(=O)N(CC(=O)NCC(=O)Nc1ccc(F)c(F)c1F)C2=O. The summed E-state index contributed by atoms with van der Waals surface area (Å²) in [5.74, 6) is -6.92. The highest BCUT2D eigenvalue weighted by molar-refractivity contribution is 6.09. The zero-order chi connectivity index (χ0) is 22.1. The monoisotopic (exact) mass is 426 g/mol. The fraction of sp³-hybridized carbons (Fsp3) is 0.474. The largest absolute Gasteiger partial charge is 0.345 e. The molecule has 1 aliphatic carbocycles. The maximum Gasteiger partial charge on any atom is 0.325 e. The summed E-state index contributed by atoms with van der Waals surface area (Å²) in [5.41, 5.74) is -1.59. The van der Waals surface area contributed by atoms with Crippen molar-refractivity contribution < 1.29 is 32.3 Å². The average Bonchev–Trinajstić information content (AvgIpc) is 2.94. The van der Waals surface area contributed by atoms with Crippen molar-refractivity contribution >= 4 is 29.4 Å². The number of halogens is 3. The number of carbonyl (C=O) groups excluding carboxylic acids is 4. The Morgan fingerprint density at radius 2 is 1.90 bits per heavy atom. The molecule has 11 heteroatoms. The Hall–Kier alpha value is -3.11. The van der Waals surface area contributed by atoms with Crippen molar-refractivity contribution in [2.45, 2.75) is 38.1 Å². The molecule has 1 aromatic carbocycles. The van der Waals surface area contributed by atoms with Gasteiger partial charge < -0.3 is 16.0 Å². The number of anilines is 1. The summed E-state index contributed by atoms with van der Waals surface area (Å²) in [7, 11) is 0. The third kappa shape index (κ3) is 3.96. The molecular formula is C19H21F3N4O4. The Morgan fingerprint density at radius 1 is 1.17 bits per heavy atom. The number of hydrogen-bond donors (Lipinski definition) is 3. The lowest BCUT2D eigenvalue weighted by atomic mass is 9.73. The van der Waals surface area contributed by atoms with E-state index in [2.05, 4.69) is 10.6 Å². The topological polar surface area (TPSA) is 108 Å². The smallest absolute Gasteiger partial charge is 0.325 e. The summed E-state index contributed by atoms with van der Waals surface area (Å²) in [6, 6.07) is 0.815. The number of nitrogens with one attached hydrogen (secondary N) is 3. The van der Waals surface area contributed by atoms with Crippen LogP contribution < -0.4 is 16.0 Å². The molecule has 1 saturated heterocycles. The number of carbonyl (C=O) groups is 4. The van der Waals surface area contributed by atoms with E-state index in [1.807, 2.05) is 12.2 Å². The van der Waals surface area contributed by atoms with E-state index in [1.165, 1.54) is 0 Å². The first-order valence-electron chi connectivity index (χ1n) is 9.50. The molecule has 0 bridgehead atoms. The van der Waals surface area contributed by atoms with Crippen molar-refractivity contribution in [2.24, 2.45) is 5.92 Å². The van der Waals surface area contributed by atoms with Gasteiger partial charge in [0.1, 0.15) is 12.1 Å². The Labute approximate surface area is 170 Å². The molecule has 0 aromatic heterocycles. The van der Waals surface area contributed by atoms with Crippen LogP contribution in [-0.2, 0) is 14.4 Å². The van der Waals surface area contributed by atoms with Crippen LogP contribution in [0.3, 0.4) is 0 Å². The summed E-state index contributed by atoms with van der Waals surface area (Å²) in [6.45, 7) is 0.678. The summed E-state index contributed by atoms with van der Waals surface area (Å²) in [5, 5.41) is 6.91. The van der Waals surface area contributed by atoms with Gasteiger partial charge in [-0.3, -0.25) is 19.3 Å². The van der Waals surface area contributed by atoms with E-state index in [-0.39, 0.29) is 5.92 Å². The Bertz CT molecular complexity index is 910. The third-order valence-corrected chi connectivity index (χ3v) is 5.56. The molecule has 2 atom stereocenters. The summed E-state index contributed by atoms with van der Waals surface area (Å²) >= 11 is 0. The fourth-order valence-electron chi connectivity index (χ4n) is 3.83. The number of amides is 5. The van der Waals surface area contributed by atoms with E-state index in [0.717, 1.165) is 30.2 Å². The van der Waals surface area contributed by atoms with Crippen LogP contribution in [0.5, 0.6) is 0 Å². The molecule has 1 aromatic rings. The standard InChI is InChI=1S/C19H21F3N4O4/c1-10-4-2-3-7-19(10)17(29)26(18(30)25-19)9-14(28)23-8-13(27)24-12-6-5-11(20)15(21)16(12)22/h5-6,10H,2-4,7-9H2,1H3,(H,23,28)(H,24,27)(H,25,30)/t10-,19-/m0/s1. The molecule has 3 N–H and O–H groups in total. The number of hydrogen-bond acceptors (Lipinski definition) is 4. The van der Waals surface area contributed by atoms with Crippen molar-refractivity contribution in [1.82, 2.24) is 15.5 Å². The average molecular weight is 426 g/mol. The quantitative estimate of drug-likeness (QED) is 0.492. The van der Waals surface area contributed by atoms with Crippen LogP contribution in [0.4, 0.5) is 23.7 Å². The van der Waals surface area contributed by atoms with Crippen molar-refractivity contribution in [2.75, 3.05) is 18.4 Å². The molecule has 8 nitrogen and oxygen atoms in total. The van der Waals surface area contributed by atoms with E-state index in [9.17, 15) is 32.3 Å². The molecule has 1 aliphatic heterocycles. The predicted octanol–water partition coefficient (Wildman–Crippen LogP) is 1.66. The van der Waals surface area contributed by atoms with Crippen molar-refractivity contribution in [1.29, 1.82) is 0 Å². The minimum atomic E-state index is -1.73. The summed E-state index contributed by atoms with van der Waals surface area (Å²) in [4.78, 5) is 49.8. The molecule has 0 unspecified atom stereocenters. The lowest BCUT2D eigenvalue weighted by molar-refractivity contribution is -0.137. The molecule has 0 radical (unpaired) electrons. The van der Waals surface area contributed by atoms with Gasteiger partial charge in [-0.2, -0.15) is 0 Å². The highest BCUT2D eigenvalue weighted by Crippen LogP contribution is 2.38. The molecule has 3 rings (SSSR count). The lowest BCUT2D eigenvalue weighted by Crippen LogP contribution is -2.54. The van der Waals surface area contributed by atoms with Gasteiger partial charge in [0, 0.05) is 0 Å². The van der Waals surface area contributed by atoms with Crippen LogP contribution >= 0.6 is 0 Å². The second-order valence-electron chi connectivity index (χ2n) is 7.49. The number of nitrogens with zero attached hydrogens (tertiary/aromatic N) is 1. The first-order valence-corrected chi connectivity index (χ1v) is 9.50. The minimum Gasteiger partial charge on any atom is -0.345 e. The molecule has 2 aliphatic rings. The van der Waals surface area contributed by atoms with Crippen LogP contribution in [0.2, 0.25) is 0 Å². The number of urea groups is 1. The summed E-state index contributed by atoms with van der Waals surface area (Å²) < 4.78 is 39.7. The van der Waals surface area contributed by atoms with Gasteiger partial charge in [-0.1, -0.05) is 19.8 Å². The molecule has 162 valence electrons. The van der Waals surface area contributed by atoms with Crippen LogP contribution in [0.15, 0.2) is 12.1 Å². The summed E-state index contributed by atoms with van der Waals surface area (Å²) in [6.07, 6.45) is 3.03. The molecule has 5 amide bonds.